The molecule has 0 saturated heterocycles. The highest BCUT2D eigenvalue weighted by Gasteiger charge is 2.15. The molecule has 1 aromatic heterocycles. The van der Waals surface area contributed by atoms with Crippen molar-refractivity contribution in [1.29, 1.82) is 0 Å². The Labute approximate surface area is 182 Å². The molecule has 146 valence electrons. The number of aromatic nitrogens is 2. The van der Waals surface area contributed by atoms with Crippen LogP contribution in [0.4, 0.5) is 0 Å². The highest BCUT2D eigenvalue weighted by molar-refractivity contribution is 9.10. The van der Waals surface area contributed by atoms with Gasteiger partial charge in [-0.05, 0) is 60.7 Å². The van der Waals surface area contributed by atoms with E-state index in [9.17, 15) is 8.42 Å². The Balaban J connectivity index is 1.86. The zero-order valence-corrected chi connectivity index (χ0v) is 18.5. The van der Waals surface area contributed by atoms with E-state index in [1.165, 1.54) is 6.26 Å². The molecule has 3 aromatic carbocycles. The molecule has 4 aromatic rings. The van der Waals surface area contributed by atoms with Crippen molar-refractivity contribution in [2.24, 2.45) is 0 Å². The van der Waals surface area contributed by atoms with Crippen molar-refractivity contribution < 1.29 is 8.42 Å². The minimum Gasteiger partial charge on any atom is -0.299 e. The zero-order valence-electron chi connectivity index (χ0n) is 15.4. The van der Waals surface area contributed by atoms with Gasteiger partial charge in [-0.3, -0.25) is 4.57 Å². The van der Waals surface area contributed by atoms with E-state index in [0.717, 1.165) is 27.0 Å². The molecule has 0 aliphatic heterocycles. The molecule has 0 aliphatic rings. The van der Waals surface area contributed by atoms with Crippen molar-refractivity contribution in [2.45, 2.75) is 4.90 Å². The molecular formula is C22H16BrClN2O2S. The molecule has 0 fully saturated rings. The summed E-state index contributed by atoms with van der Waals surface area (Å²) in [6.07, 6.45) is 3.16. The molecule has 0 bridgehead atoms. The Morgan fingerprint density at radius 2 is 1.45 bits per heavy atom. The number of rotatable bonds is 4. The van der Waals surface area contributed by atoms with Gasteiger partial charge in [-0.15, -0.1) is 0 Å². The second-order valence-corrected chi connectivity index (χ2v) is 9.97. The van der Waals surface area contributed by atoms with Crippen LogP contribution in [0.2, 0.25) is 5.02 Å². The Morgan fingerprint density at radius 3 is 2.03 bits per heavy atom. The fraction of sp³-hybridized carbons (Fsp3) is 0.0455. The number of halogens is 2. The van der Waals surface area contributed by atoms with Crippen LogP contribution in [0.25, 0.3) is 28.3 Å². The first-order valence-corrected chi connectivity index (χ1v) is 11.8. The lowest BCUT2D eigenvalue weighted by Gasteiger charge is -2.08. The van der Waals surface area contributed by atoms with Gasteiger partial charge in [-0.1, -0.05) is 39.7 Å². The number of sulfone groups is 1. The van der Waals surface area contributed by atoms with Gasteiger partial charge >= 0.3 is 0 Å². The molecule has 0 N–H and O–H groups in total. The normalized spacial score (nSPS) is 11.6. The summed E-state index contributed by atoms with van der Waals surface area (Å²) in [4.78, 5) is 5.11. The fourth-order valence-electron chi connectivity index (χ4n) is 2.99. The molecular weight excluding hydrogens is 472 g/mol. The lowest BCUT2D eigenvalue weighted by Crippen LogP contribution is -1.98. The lowest BCUT2D eigenvalue weighted by molar-refractivity contribution is 0.602. The molecule has 29 heavy (non-hydrogen) atoms. The van der Waals surface area contributed by atoms with E-state index in [1.807, 2.05) is 59.3 Å². The second kappa shape index (κ2) is 7.78. The summed E-state index contributed by atoms with van der Waals surface area (Å²) >= 11 is 9.50. The van der Waals surface area contributed by atoms with Gasteiger partial charge in [0.1, 0.15) is 5.82 Å². The van der Waals surface area contributed by atoms with Gasteiger partial charge in [-0.25, -0.2) is 13.4 Å². The van der Waals surface area contributed by atoms with E-state index >= 15 is 0 Å². The van der Waals surface area contributed by atoms with Crippen molar-refractivity contribution in [1.82, 2.24) is 9.55 Å². The standard InChI is InChI=1S/C22H16BrClN2O2S/c1-29(27,28)20-12-4-16(5-13-20)22-25-21(15-2-6-17(23)7-3-15)14-26(22)19-10-8-18(24)9-11-19/h2-14H,1H3. The number of hydrogen-bond donors (Lipinski definition) is 0. The first-order chi connectivity index (χ1) is 13.8. The quantitative estimate of drug-likeness (QED) is 0.353. The lowest BCUT2D eigenvalue weighted by atomic mass is 10.2. The first-order valence-electron chi connectivity index (χ1n) is 8.73. The molecule has 0 radical (unpaired) electrons. The number of benzene rings is 3. The maximum Gasteiger partial charge on any atom is 0.175 e. The summed E-state index contributed by atoms with van der Waals surface area (Å²) in [6, 6.07) is 22.2. The van der Waals surface area contributed by atoms with Crippen molar-refractivity contribution in [3.8, 4) is 28.3 Å². The molecule has 4 rings (SSSR count). The fourth-order valence-corrected chi connectivity index (χ4v) is 4.01. The van der Waals surface area contributed by atoms with Gasteiger partial charge in [0.25, 0.3) is 0 Å². The third-order valence-corrected chi connectivity index (χ3v) is 6.40. The van der Waals surface area contributed by atoms with Crippen LogP contribution in [0.5, 0.6) is 0 Å². The zero-order chi connectivity index (χ0) is 20.6. The third-order valence-electron chi connectivity index (χ3n) is 4.49. The molecule has 0 spiro atoms. The van der Waals surface area contributed by atoms with Crippen molar-refractivity contribution in [2.75, 3.05) is 6.26 Å². The Kier molecular flexibility index (Phi) is 5.34. The smallest absolute Gasteiger partial charge is 0.175 e. The third kappa shape index (κ3) is 4.29. The van der Waals surface area contributed by atoms with E-state index in [-0.39, 0.29) is 4.90 Å². The second-order valence-electron chi connectivity index (χ2n) is 6.60. The Morgan fingerprint density at radius 1 is 0.862 bits per heavy atom. The van der Waals surface area contributed by atoms with Crippen LogP contribution in [0, 0.1) is 0 Å². The summed E-state index contributed by atoms with van der Waals surface area (Å²) in [7, 11) is -3.26. The van der Waals surface area contributed by atoms with E-state index in [1.54, 1.807) is 24.3 Å². The summed E-state index contributed by atoms with van der Waals surface area (Å²) in [5.74, 6) is 0.713. The highest BCUT2D eigenvalue weighted by atomic mass is 79.9. The molecule has 0 saturated carbocycles. The summed E-state index contributed by atoms with van der Waals surface area (Å²) < 4.78 is 26.5. The topological polar surface area (TPSA) is 52.0 Å². The minimum absolute atomic E-state index is 0.277. The summed E-state index contributed by atoms with van der Waals surface area (Å²) in [5, 5.41) is 0.654. The van der Waals surface area contributed by atoms with Crippen molar-refractivity contribution in [3.05, 3.63) is 88.5 Å². The average molecular weight is 488 g/mol. The van der Waals surface area contributed by atoms with E-state index in [0.29, 0.717) is 10.8 Å². The van der Waals surface area contributed by atoms with Crippen molar-refractivity contribution in [3.63, 3.8) is 0 Å². The van der Waals surface area contributed by atoms with E-state index in [4.69, 9.17) is 16.6 Å². The van der Waals surface area contributed by atoms with Crippen LogP contribution in [0.3, 0.4) is 0 Å². The summed E-state index contributed by atoms with van der Waals surface area (Å²) in [6.45, 7) is 0. The van der Waals surface area contributed by atoms with E-state index in [2.05, 4.69) is 15.9 Å². The van der Waals surface area contributed by atoms with Crippen LogP contribution in [0.15, 0.2) is 88.4 Å². The number of hydrogen-bond acceptors (Lipinski definition) is 3. The maximum absolute atomic E-state index is 11.8. The largest absolute Gasteiger partial charge is 0.299 e. The van der Waals surface area contributed by atoms with Gasteiger partial charge in [0.15, 0.2) is 9.84 Å². The van der Waals surface area contributed by atoms with Crippen LogP contribution in [0.1, 0.15) is 0 Å². The van der Waals surface area contributed by atoms with Crippen LogP contribution < -0.4 is 0 Å². The van der Waals surface area contributed by atoms with Crippen LogP contribution in [-0.2, 0) is 9.84 Å². The van der Waals surface area contributed by atoms with Gasteiger partial charge in [0, 0.05) is 38.8 Å². The number of nitrogens with zero attached hydrogens (tertiary/aromatic N) is 2. The van der Waals surface area contributed by atoms with Crippen LogP contribution in [-0.4, -0.2) is 24.2 Å². The highest BCUT2D eigenvalue weighted by Crippen LogP contribution is 2.29. The van der Waals surface area contributed by atoms with Gasteiger partial charge in [-0.2, -0.15) is 0 Å². The van der Waals surface area contributed by atoms with E-state index < -0.39 is 9.84 Å². The molecule has 0 unspecified atom stereocenters. The first kappa shape index (κ1) is 19.9. The maximum atomic E-state index is 11.8. The molecule has 0 atom stereocenters. The molecule has 0 aliphatic carbocycles. The molecule has 1 heterocycles. The monoisotopic (exact) mass is 486 g/mol. The van der Waals surface area contributed by atoms with Crippen LogP contribution >= 0.6 is 27.5 Å². The van der Waals surface area contributed by atoms with Gasteiger partial charge in [0.2, 0.25) is 0 Å². The average Bonchev–Trinajstić information content (AvgIpc) is 3.14. The Bertz CT molecular complexity index is 1260. The molecule has 0 amide bonds. The van der Waals surface area contributed by atoms with Crippen molar-refractivity contribution >= 4 is 37.4 Å². The SMILES string of the molecule is CS(=O)(=O)c1ccc(-c2nc(-c3ccc(Br)cc3)cn2-c2ccc(Cl)cc2)cc1. The summed E-state index contributed by atoms with van der Waals surface area (Å²) in [5.41, 5.74) is 3.52. The predicted molar refractivity (Wildman–Crippen MR) is 120 cm³/mol. The molecule has 7 heteroatoms. The Hall–Kier alpha value is -2.41. The van der Waals surface area contributed by atoms with Gasteiger partial charge in [0.05, 0.1) is 10.6 Å². The van der Waals surface area contributed by atoms with Gasteiger partial charge < -0.3 is 0 Å². The molecule has 4 nitrogen and oxygen atoms in total. The number of imidazole rings is 1. The minimum atomic E-state index is -3.26. The predicted octanol–water partition coefficient (Wildman–Crippen LogP) is 6.03.